The average Bonchev–Trinajstić information content (AvgIpc) is 2.75. The number of hydrogen-bond donors (Lipinski definition) is 2. The number of aromatic amines is 1. The third-order valence-electron chi connectivity index (χ3n) is 2.93. The van der Waals surface area contributed by atoms with Gasteiger partial charge >= 0.3 is 5.97 Å². The minimum Gasteiger partial charge on any atom is -0.478 e. The molecule has 7 heteroatoms. The molecule has 0 bridgehead atoms. The number of aromatic carboxylic acids is 1. The molecule has 0 unspecified atom stereocenters. The van der Waals surface area contributed by atoms with Gasteiger partial charge in [-0.2, -0.15) is 0 Å². The molecule has 0 fully saturated rings. The van der Waals surface area contributed by atoms with Crippen LogP contribution < -0.4 is 5.56 Å². The molecule has 1 aromatic carbocycles. The van der Waals surface area contributed by atoms with Crippen LogP contribution in [0.15, 0.2) is 35.3 Å². The molecule has 100 valence electrons. The van der Waals surface area contributed by atoms with Gasteiger partial charge in [0.25, 0.3) is 5.56 Å². The number of carboxylic acid groups (broad SMARTS) is 1. The molecule has 0 atom stereocenters. The highest BCUT2D eigenvalue weighted by Crippen LogP contribution is 2.10. The van der Waals surface area contributed by atoms with E-state index in [-0.39, 0.29) is 11.1 Å². The Labute approximate surface area is 112 Å². The van der Waals surface area contributed by atoms with Crippen LogP contribution in [0.4, 0.5) is 0 Å². The van der Waals surface area contributed by atoms with Crippen LogP contribution in [-0.4, -0.2) is 30.8 Å². The van der Waals surface area contributed by atoms with Crippen molar-refractivity contribution < 1.29 is 9.90 Å². The van der Waals surface area contributed by atoms with Crippen LogP contribution in [0.2, 0.25) is 0 Å². The standard InChI is InChI=1S/C13H10N4O3/c1-7-14-6-10-11(15-7)16-17(12(10)18)9-4-2-8(3-5-9)13(19)20/h2-6H,1H3,(H,19,20)(H,14,15,16). The zero-order valence-electron chi connectivity index (χ0n) is 10.5. The van der Waals surface area contributed by atoms with Gasteiger partial charge in [-0.25, -0.2) is 19.4 Å². The Balaban J connectivity index is 2.16. The normalized spacial score (nSPS) is 10.8. The van der Waals surface area contributed by atoms with E-state index in [1.54, 1.807) is 19.1 Å². The van der Waals surface area contributed by atoms with Gasteiger partial charge in [-0.05, 0) is 31.2 Å². The lowest BCUT2D eigenvalue weighted by Crippen LogP contribution is -2.14. The lowest BCUT2D eigenvalue weighted by atomic mass is 10.2. The number of benzene rings is 1. The van der Waals surface area contributed by atoms with E-state index in [9.17, 15) is 9.59 Å². The van der Waals surface area contributed by atoms with Crippen molar-refractivity contribution in [3.05, 3.63) is 52.2 Å². The SMILES string of the molecule is Cc1ncc2c(=O)n(-c3ccc(C(=O)O)cc3)[nH]c2n1. The predicted octanol–water partition coefficient (Wildman–Crippen LogP) is 1.12. The summed E-state index contributed by atoms with van der Waals surface area (Å²) in [5, 5.41) is 12.1. The van der Waals surface area contributed by atoms with Crippen LogP contribution in [0.5, 0.6) is 0 Å². The van der Waals surface area contributed by atoms with Crippen molar-refractivity contribution in [1.29, 1.82) is 0 Å². The molecule has 2 N–H and O–H groups in total. The van der Waals surface area contributed by atoms with E-state index >= 15 is 0 Å². The number of rotatable bonds is 2. The molecule has 20 heavy (non-hydrogen) atoms. The molecule has 0 aliphatic heterocycles. The quantitative estimate of drug-likeness (QED) is 0.726. The molecule has 7 nitrogen and oxygen atoms in total. The predicted molar refractivity (Wildman–Crippen MR) is 71.2 cm³/mol. The first-order chi connectivity index (χ1) is 9.56. The van der Waals surface area contributed by atoms with E-state index in [1.165, 1.54) is 23.0 Å². The third kappa shape index (κ3) is 1.85. The molecule has 3 aromatic rings. The molecule has 0 radical (unpaired) electrons. The Bertz CT molecular complexity index is 861. The van der Waals surface area contributed by atoms with E-state index < -0.39 is 5.97 Å². The number of aryl methyl sites for hydroxylation is 1. The van der Waals surface area contributed by atoms with Gasteiger partial charge in [0.15, 0.2) is 5.65 Å². The fourth-order valence-corrected chi connectivity index (χ4v) is 1.92. The second-order valence-corrected chi connectivity index (χ2v) is 4.28. The number of carbonyl (C=O) groups is 1. The molecule has 2 heterocycles. The van der Waals surface area contributed by atoms with Crippen LogP contribution in [-0.2, 0) is 0 Å². The minimum atomic E-state index is -1.01. The molecule has 0 amide bonds. The first kappa shape index (κ1) is 12.1. The van der Waals surface area contributed by atoms with Crippen LogP contribution >= 0.6 is 0 Å². The fraction of sp³-hybridized carbons (Fsp3) is 0.0769. The summed E-state index contributed by atoms with van der Waals surface area (Å²) >= 11 is 0. The van der Waals surface area contributed by atoms with Gasteiger partial charge in [0.1, 0.15) is 11.2 Å². The van der Waals surface area contributed by atoms with Gasteiger partial charge in [0.2, 0.25) is 0 Å². The highest BCUT2D eigenvalue weighted by Gasteiger charge is 2.10. The van der Waals surface area contributed by atoms with E-state index in [0.29, 0.717) is 22.5 Å². The molecular weight excluding hydrogens is 260 g/mol. The lowest BCUT2D eigenvalue weighted by Gasteiger charge is -2.01. The zero-order valence-corrected chi connectivity index (χ0v) is 10.5. The van der Waals surface area contributed by atoms with Gasteiger partial charge in [0.05, 0.1) is 11.3 Å². The van der Waals surface area contributed by atoms with Crippen molar-refractivity contribution in [1.82, 2.24) is 19.7 Å². The van der Waals surface area contributed by atoms with Gasteiger partial charge in [-0.15, -0.1) is 0 Å². The highest BCUT2D eigenvalue weighted by atomic mass is 16.4. The number of nitrogens with one attached hydrogen (secondary N) is 1. The van der Waals surface area contributed by atoms with Crippen molar-refractivity contribution in [2.75, 3.05) is 0 Å². The van der Waals surface area contributed by atoms with Crippen LogP contribution in [0.1, 0.15) is 16.2 Å². The smallest absolute Gasteiger partial charge is 0.335 e. The number of fused-ring (bicyclic) bond motifs is 1. The number of carboxylic acids is 1. The van der Waals surface area contributed by atoms with Crippen LogP contribution in [0.25, 0.3) is 16.7 Å². The summed E-state index contributed by atoms with van der Waals surface area (Å²) in [5.74, 6) is -0.450. The Morgan fingerprint density at radius 3 is 2.65 bits per heavy atom. The Kier molecular flexibility index (Phi) is 2.60. The Hall–Kier alpha value is -2.96. The summed E-state index contributed by atoms with van der Waals surface area (Å²) in [6.45, 7) is 1.73. The monoisotopic (exact) mass is 270 g/mol. The van der Waals surface area contributed by atoms with E-state index in [2.05, 4.69) is 15.1 Å². The summed E-state index contributed by atoms with van der Waals surface area (Å²) in [4.78, 5) is 31.1. The molecule has 0 aliphatic rings. The van der Waals surface area contributed by atoms with E-state index in [1.807, 2.05) is 0 Å². The van der Waals surface area contributed by atoms with E-state index in [4.69, 9.17) is 5.11 Å². The van der Waals surface area contributed by atoms with Gasteiger partial charge in [-0.3, -0.25) is 9.89 Å². The van der Waals surface area contributed by atoms with Gasteiger partial charge in [-0.1, -0.05) is 0 Å². The first-order valence-electron chi connectivity index (χ1n) is 5.84. The topological polar surface area (TPSA) is 101 Å². The second-order valence-electron chi connectivity index (χ2n) is 4.28. The van der Waals surface area contributed by atoms with Crippen LogP contribution in [0, 0.1) is 6.92 Å². The maximum atomic E-state index is 12.2. The molecule has 0 saturated carbocycles. The number of aromatic nitrogens is 4. The highest BCUT2D eigenvalue weighted by molar-refractivity contribution is 5.87. The maximum absolute atomic E-state index is 12.2. The number of hydrogen-bond acceptors (Lipinski definition) is 4. The summed E-state index contributed by atoms with van der Waals surface area (Å²) in [7, 11) is 0. The summed E-state index contributed by atoms with van der Waals surface area (Å²) in [6, 6.07) is 5.99. The van der Waals surface area contributed by atoms with Gasteiger partial charge < -0.3 is 5.11 Å². The van der Waals surface area contributed by atoms with Crippen molar-refractivity contribution in [2.45, 2.75) is 6.92 Å². The van der Waals surface area contributed by atoms with Gasteiger partial charge in [0, 0.05) is 6.20 Å². The number of H-pyrrole nitrogens is 1. The summed E-state index contributed by atoms with van der Waals surface area (Å²) in [6.07, 6.45) is 1.47. The van der Waals surface area contributed by atoms with Crippen LogP contribution in [0.3, 0.4) is 0 Å². The molecule has 3 rings (SSSR count). The molecule has 0 spiro atoms. The Morgan fingerprint density at radius 2 is 2.00 bits per heavy atom. The zero-order chi connectivity index (χ0) is 14.3. The number of nitrogens with zero attached hydrogens (tertiary/aromatic N) is 3. The van der Waals surface area contributed by atoms with Crippen molar-refractivity contribution in [2.24, 2.45) is 0 Å². The second kappa shape index (κ2) is 4.30. The molecular formula is C13H10N4O3. The van der Waals surface area contributed by atoms with E-state index in [0.717, 1.165) is 0 Å². The Morgan fingerprint density at radius 1 is 1.30 bits per heavy atom. The molecule has 0 aliphatic carbocycles. The minimum absolute atomic E-state index is 0.161. The van der Waals surface area contributed by atoms with Crippen molar-refractivity contribution in [3.63, 3.8) is 0 Å². The fourth-order valence-electron chi connectivity index (χ4n) is 1.92. The van der Waals surface area contributed by atoms with Crippen molar-refractivity contribution >= 4 is 17.0 Å². The maximum Gasteiger partial charge on any atom is 0.335 e. The summed E-state index contributed by atoms with van der Waals surface area (Å²) < 4.78 is 1.31. The largest absolute Gasteiger partial charge is 0.478 e. The molecule has 2 aromatic heterocycles. The summed E-state index contributed by atoms with van der Waals surface area (Å²) in [5.41, 5.74) is 0.872. The third-order valence-corrected chi connectivity index (χ3v) is 2.93. The average molecular weight is 270 g/mol. The first-order valence-corrected chi connectivity index (χ1v) is 5.84. The lowest BCUT2D eigenvalue weighted by molar-refractivity contribution is 0.0697. The molecule has 0 saturated heterocycles. The van der Waals surface area contributed by atoms with Crippen molar-refractivity contribution in [3.8, 4) is 5.69 Å².